The summed E-state index contributed by atoms with van der Waals surface area (Å²) in [7, 11) is 1.91. The van der Waals surface area contributed by atoms with E-state index in [2.05, 4.69) is 32.7 Å². The summed E-state index contributed by atoms with van der Waals surface area (Å²) in [5.74, 6) is 0.502. The maximum Gasteiger partial charge on any atom is 0.324 e. The van der Waals surface area contributed by atoms with Crippen molar-refractivity contribution in [1.29, 1.82) is 0 Å². The summed E-state index contributed by atoms with van der Waals surface area (Å²) >= 11 is 1.61. The number of aromatic nitrogens is 4. The first-order valence-electron chi connectivity index (χ1n) is 7.71. The van der Waals surface area contributed by atoms with Crippen LogP contribution in [-0.4, -0.2) is 25.8 Å². The fourth-order valence-electron chi connectivity index (χ4n) is 2.19. The van der Waals surface area contributed by atoms with Gasteiger partial charge in [-0.2, -0.15) is 0 Å². The zero-order valence-electron chi connectivity index (χ0n) is 13.9. The van der Waals surface area contributed by atoms with Gasteiger partial charge in [0, 0.05) is 24.2 Å². The summed E-state index contributed by atoms with van der Waals surface area (Å²) in [5, 5.41) is 14.5. The van der Waals surface area contributed by atoms with Gasteiger partial charge >= 0.3 is 6.03 Å². The topological polar surface area (TPSA) is 84.7 Å². The summed E-state index contributed by atoms with van der Waals surface area (Å²) in [5.41, 5.74) is 1.81. The average molecular weight is 354 g/mol. The lowest BCUT2D eigenvalue weighted by molar-refractivity contribution is 0.262. The Morgan fingerprint density at radius 3 is 2.80 bits per heavy atom. The molecule has 0 aliphatic carbocycles. The van der Waals surface area contributed by atoms with Gasteiger partial charge in [-0.3, -0.25) is 5.32 Å². The maximum atomic E-state index is 12.1. The third-order valence-electron chi connectivity index (χ3n) is 3.47. The molecule has 0 radical (unpaired) electrons. The Bertz CT molecular complexity index is 851. The molecule has 2 aromatic heterocycles. The van der Waals surface area contributed by atoms with Crippen LogP contribution in [0.3, 0.4) is 0 Å². The van der Waals surface area contributed by atoms with Gasteiger partial charge in [0.25, 0.3) is 0 Å². The number of hydrogen-bond donors (Lipinski definition) is 2. The van der Waals surface area contributed by atoms with Crippen molar-refractivity contribution in [3.63, 3.8) is 0 Å². The van der Waals surface area contributed by atoms with E-state index in [0.29, 0.717) is 5.82 Å². The van der Waals surface area contributed by atoms with E-state index >= 15 is 0 Å². The van der Waals surface area contributed by atoms with Crippen LogP contribution >= 0.6 is 11.8 Å². The summed E-state index contributed by atoms with van der Waals surface area (Å²) in [4.78, 5) is 16.1. The molecule has 2 N–H and O–H groups in total. The number of pyridine rings is 1. The fourth-order valence-corrected chi connectivity index (χ4v) is 3.10. The molecule has 7 nitrogen and oxygen atoms in total. The minimum Gasteiger partial charge on any atom is -0.312 e. The van der Waals surface area contributed by atoms with Crippen LogP contribution in [0.2, 0.25) is 0 Å². The molecule has 8 heteroatoms. The highest BCUT2D eigenvalue weighted by atomic mass is 32.2. The number of urea groups is 1. The van der Waals surface area contributed by atoms with Crippen LogP contribution in [0.1, 0.15) is 17.7 Å². The molecule has 0 saturated carbocycles. The van der Waals surface area contributed by atoms with Gasteiger partial charge in [-0.25, -0.2) is 9.78 Å². The normalized spacial score (nSPS) is 11.8. The number of amides is 2. The summed E-state index contributed by atoms with van der Waals surface area (Å²) in [6.07, 6.45) is 3.30. The molecule has 0 bridgehead atoms. The van der Waals surface area contributed by atoms with Crippen molar-refractivity contribution < 1.29 is 4.79 Å². The maximum absolute atomic E-state index is 12.1. The zero-order chi connectivity index (χ0) is 17.6. The van der Waals surface area contributed by atoms with E-state index in [4.69, 9.17) is 0 Å². The molecule has 2 amide bonds. The largest absolute Gasteiger partial charge is 0.324 e. The molecule has 1 aromatic carbocycles. The van der Waals surface area contributed by atoms with Crippen molar-refractivity contribution in [2.45, 2.75) is 17.3 Å². The van der Waals surface area contributed by atoms with Crippen LogP contribution in [0.25, 0.3) is 0 Å². The number of rotatable bonds is 5. The van der Waals surface area contributed by atoms with Crippen molar-refractivity contribution in [2.75, 3.05) is 10.6 Å². The Labute approximate surface area is 149 Å². The molecule has 128 valence electrons. The number of nitrogens with zero attached hydrogens (tertiary/aromatic N) is 4. The molecule has 3 aromatic rings. The third-order valence-corrected chi connectivity index (χ3v) is 4.68. The molecule has 0 fully saturated rings. The molecule has 0 saturated heterocycles. The average Bonchev–Trinajstić information content (AvgIpc) is 3.00. The second kappa shape index (κ2) is 7.80. The third kappa shape index (κ3) is 4.57. The molecule has 1 atom stereocenters. The van der Waals surface area contributed by atoms with Crippen molar-refractivity contribution >= 4 is 29.3 Å². The lowest BCUT2D eigenvalue weighted by atomic mass is 10.1. The van der Waals surface area contributed by atoms with Crippen LogP contribution in [0.4, 0.5) is 16.3 Å². The van der Waals surface area contributed by atoms with E-state index in [-0.39, 0.29) is 11.3 Å². The number of carbonyl (C=O) groups is 1. The molecule has 3 rings (SSSR count). The van der Waals surface area contributed by atoms with Gasteiger partial charge in [0.15, 0.2) is 5.16 Å². The van der Waals surface area contributed by atoms with Crippen molar-refractivity contribution in [3.05, 3.63) is 60.6 Å². The lowest BCUT2D eigenvalue weighted by Gasteiger charge is -2.13. The molecule has 0 aliphatic heterocycles. The van der Waals surface area contributed by atoms with Crippen LogP contribution < -0.4 is 10.6 Å². The van der Waals surface area contributed by atoms with Gasteiger partial charge in [0.1, 0.15) is 12.1 Å². The standard InChI is InChI=1S/C17H18N6OS/c1-12(25-17-22-19-11-23(17)2)13-6-5-7-14(10-13)20-16(24)21-15-8-3-4-9-18-15/h3-12H,1-2H3,(H2,18,20,21,24). The van der Waals surface area contributed by atoms with Crippen LogP contribution in [0, 0.1) is 0 Å². The molecular weight excluding hydrogens is 336 g/mol. The van der Waals surface area contributed by atoms with Crippen LogP contribution in [0.15, 0.2) is 60.1 Å². The van der Waals surface area contributed by atoms with Crippen LogP contribution in [-0.2, 0) is 7.05 Å². The SMILES string of the molecule is CC(Sc1nncn1C)c1cccc(NC(=O)Nc2ccccn2)c1. The van der Waals surface area contributed by atoms with E-state index in [0.717, 1.165) is 16.4 Å². The highest BCUT2D eigenvalue weighted by Crippen LogP contribution is 2.34. The van der Waals surface area contributed by atoms with Gasteiger partial charge in [0.05, 0.1) is 0 Å². The Hall–Kier alpha value is -2.87. The zero-order valence-corrected chi connectivity index (χ0v) is 14.7. The molecule has 25 heavy (non-hydrogen) atoms. The van der Waals surface area contributed by atoms with Gasteiger partial charge in [0.2, 0.25) is 0 Å². The van der Waals surface area contributed by atoms with E-state index in [1.54, 1.807) is 36.4 Å². The Morgan fingerprint density at radius 2 is 2.08 bits per heavy atom. The monoisotopic (exact) mass is 354 g/mol. The highest BCUT2D eigenvalue weighted by molar-refractivity contribution is 7.99. The Morgan fingerprint density at radius 1 is 1.20 bits per heavy atom. The summed E-state index contributed by atoms with van der Waals surface area (Å²) in [6, 6.07) is 12.7. The van der Waals surface area contributed by atoms with E-state index < -0.39 is 0 Å². The molecular formula is C17H18N6OS. The van der Waals surface area contributed by atoms with Gasteiger partial charge in [-0.05, 0) is 36.8 Å². The molecule has 1 unspecified atom stereocenters. The second-order valence-electron chi connectivity index (χ2n) is 5.40. The Kier molecular flexibility index (Phi) is 5.30. The van der Waals surface area contributed by atoms with E-state index in [9.17, 15) is 4.79 Å². The van der Waals surface area contributed by atoms with Crippen molar-refractivity contribution in [2.24, 2.45) is 7.05 Å². The van der Waals surface area contributed by atoms with Gasteiger partial charge in [-0.15, -0.1) is 10.2 Å². The minimum absolute atomic E-state index is 0.170. The molecule has 0 spiro atoms. The highest BCUT2D eigenvalue weighted by Gasteiger charge is 2.12. The number of hydrogen-bond acceptors (Lipinski definition) is 5. The van der Waals surface area contributed by atoms with Gasteiger partial charge in [-0.1, -0.05) is 30.0 Å². The first-order chi connectivity index (χ1) is 12.1. The number of carbonyl (C=O) groups excluding carboxylic acids is 1. The quantitative estimate of drug-likeness (QED) is 0.682. The van der Waals surface area contributed by atoms with Crippen LogP contribution in [0.5, 0.6) is 0 Å². The summed E-state index contributed by atoms with van der Waals surface area (Å²) in [6.45, 7) is 2.09. The fraction of sp³-hybridized carbons (Fsp3) is 0.176. The number of thioether (sulfide) groups is 1. The first kappa shape index (κ1) is 17.0. The van der Waals surface area contributed by atoms with Gasteiger partial charge < -0.3 is 9.88 Å². The number of aryl methyl sites for hydroxylation is 1. The second-order valence-corrected chi connectivity index (χ2v) is 6.71. The predicted octanol–water partition coefficient (Wildman–Crippen LogP) is 3.71. The summed E-state index contributed by atoms with van der Waals surface area (Å²) < 4.78 is 1.88. The predicted molar refractivity (Wildman–Crippen MR) is 98.6 cm³/mol. The smallest absolute Gasteiger partial charge is 0.312 e. The minimum atomic E-state index is -0.329. The number of anilines is 2. The van der Waals surface area contributed by atoms with Crippen molar-refractivity contribution in [3.8, 4) is 0 Å². The van der Waals surface area contributed by atoms with E-state index in [1.165, 1.54) is 0 Å². The number of nitrogens with one attached hydrogen (secondary N) is 2. The Balaban J connectivity index is 1.64. The number of benzene rings is 1. The van der Waals surface area contributed by atoms with E-state index in [1.807, 2.05) is 41.9 Å². The molecule has 0 aliphatic rings. The lowest BCUT2D eigenvalue weighted by Crippen LogP contribution is -2.20. The molecule has 2 heterocycles. The first-order valence-corrected chi connectivity index (χ1v) is 8.59. The van der Waals surface area contributed by atoms with Crippen molar-refractivity contribution in [1.82, 2.24) is 19.7 Å².